The van der Waals surface area contributed by atoms with E-state index in [0.29, 0.717) is 0 Å². The quantitative estimate of drug-likeness (QED) is 0.170. The van der Waals surface area contributed by atoms with Gasteiger partial charge in [-0.3, -0.25) is 0 Å². The van der Waals surface area contributed by atoms with Crippen molar-refractivity contribution in [2.24, 2.45) is 0 Å². The third-order valence-corrected chi connectivity index (χ3v) is 11.8. The molecule has 0 fully saturated rings. The molecule has 0 amide bonds. The Labute approximate surface area is 326 Å². The number of hydrogen-bond acceptors (Lipinski definition) is 2. The molecule has 1 aliphatic rings. The molecular formula is C54H37NO. The molecule has 2 nitrogen and oxygen atoms in total. The Kier molecular flexibility index (Phi) is 7.33. The van der Waals surface area contributed by atoms with Crippen LogP contribution in [0.5, 0.6) is 0 Å². The maximum atomic E-state index is 6.32. The normalized spacial score (nSPS) is 12.9. The molecule has 0 unspecified atom stereocenters. The van der Waals surface area contributed by atoms with Gasteiger partial charge in [-0.2, -0.15) is 0 Å². The van der Waals surface area contributed by atoms with Crippen molar-refractivity contribution in [3.63, 3.8) is 0 Å². The second kappa shape index (κ2) is 12.7. The van der Waals surface area contributed by atoms with E-state index in [9.17, 15) is 0 Å². The molecule has 9 aromatic carbocycles. The summed E-state index contributed by atoms with van der Waals surface area (Å²) in [5.74, 6) is 0. The lowest BCUT2D eigenvalue weighted by Gasteiger charge is -2.35. The SMILES string of the molecule is Cc1ccc(N(c2ccc(-c3ccc4oc5ccc6ccccc6c5c4c3)cc2)c2ccc3c(c2)C(c2ccccc2)(c2ccccc2)c2ccccc2-3)cc1. The zero-order valence-corrected chi connectivity index (χ0v) is 31.0. The van der Waals surface area contributed by atoms with Crippen molar-refractivity contribution in [1.29, 1.82) is 0 Å². The molecule has 11 rings (SSSR count). The van der Waals surface area contributed by atoms with Gasteiger partial charge in [0.2, 0.25) is 0 Å². The largest absolute Gasteiger partial charge is 0.456 e. The van der Waals surface area contributed by atoms with E-state index < -0.39 is 5.41 Å². The highest BCUT2D eigenvalue weighted by atomic mass is 16.3. The Bertz CT molecular complexity index is 3030. The van der Waals surface area contributed by atoms with Crippen LogP contribution < -0.4 is 4.90 Å². The van der Waals surface area contributed by atoms with Gasteiger partial charge >= 0.3 is 0 Å². The van der Waals surface area contributed by atoms with Gasteiger partial charge in [-0.1, -0.05) is 157 Å². The summed E-state index contributed by atoms with van der Waals surface area (Å²) in [5.41, 5.74) is 15.9. The fourth-order valence-corrected chi connectivity index (χ4v) is 9.24. The summed E-state index contributed by atoms with van der Waals surface area (Å²) in [6.07, 6.45) is 0. The molecule has 0 N–H and O–H groups in total. The van der Waals surface area contributed by atoms with Crippen LogP contribution in [0.3, 0.4) is 0 Å². The predicted octanol–water partition coefficient (Wildman–Crippen LogP) is 14.5. The number of rotatable bonds is 6. The van der Waals surface area contributed by atoms with E-state index in [4.69, 9.17) is 4.42 Å². The predicted molar refractivity (Wildman–Crippen MR) is 233 cm³/mol. The minimum atomic E-state index is -0.478. The molecule has 0 bridgehead atoms. The fraction of sp³-hybridized carbons (Fsp3) is 0.0370. The molecular weight excluding hydrogens is 679 g/mol. The minimum absolute atomic E-state index is 0.478. The van der Waals surface area contributed by atoms with Crippen LogP contribution in [-0.2, 0) is 5.41 Å². The number of nitrogens with zero attached hydrogens (tertiary/aromatic N) is 1. The Morgan fingerprint density at radius 2 is 1.00 bits per heavy atom. The van der Waals surface area contributed by atoms with Gasteiger partial charge in [-0.25, -0.2) is 0 Å². The van der Waals surface area contributed by atoms with E-state index in [2.05, 4.69) is 218 Å². The number of aryl methyl sites for hydroxylation is 1. The van der Waals surface area contributed by atoms with E-state index in [1.54, 1.807) is 0 Å². The van der Waals surface area contributed by atoms with Crippen molar-refractivity contribution in [3.8, 4) is 22.3 Å². The van der Waals surface area contributed by atoms with Gasteiger partial charge in [0.1, 0.15) is 11.2 Å². The maximum absolute atomic E-state index is 6.32. The van der Waals surface area contributed by atoms with Gasteiger partial charge in [-0.05, 0) is 117 Å². The molecule has 264 valence electrons. The third-order valence-electron chi connectivity index (χ3n) is 11.8. The highest BCUT2D eigenvalue weighted by Crippen LogP contribution is 2.57. The number of furan rings is 1. The highest BCUT2D eigenvalue weighted by molar-refractivity contribution is 6.19. The summed E-state index contributed by atoms with van der Waals surface area (Å²) in [4.78, 5) is 2.39. The second-order valence-electron chi connectivity index (χ2n) is 14.9. The summed E-state index contributed by atoms with van der Waals surface area (Å²) in [6.45, 7) is 2.15. The molecule has 0 spiro atoms. The number of fused-ring (bicyclic) bond motifs is 8. The molecule has 0 saturated carbocycles. The average molecular weight is 716 g/mol. The van der Waals surface area contributed by atoms with Crippen LogP contribution in [0.2, 0.25) is 0 Å². The fourth-order valence-electron chi connectivity index (χ4n) is 9.24. The zero-order chi connectivity index (χ0) is 37.2. The van der Waals surface area contributed by atoms with Crippen molar-refractivity contribution in [3.05, 3.63) is 234 Å². The van der Waals surface area contributed by atoms with E-state index in [1.807, 2.05) is 0 Å². The molecule has 0 atom stereocenters. The Hall–Kier alpha value is -7.16. The van der Waals surface area contributed by atoms with E-state index in [0.717, 1.165) is 44.7 Å². The van der Waals surface area contributed by atoms with Gasteiger partial charge in [0.05, 0.1) is 5.41 Å². The number of anilines is 3. The van der Waals surface area contributed by atoms with Crippen LogP contribution in [0.25, 0.3) is 55.0 Å². The van der Waals surface area contributed by atoms with Gasteiger partial charge in [0.25, 0.3) is 0 Å². The topological polar surface area (TPSA) is 16.4 Å². The van der Waals surface area contributed by atoms with Gasteiger partial charge < -0.3 is 9.32 Å². The van der Waals surface area contributed by atoms with Crippen molar-refractivity contribution in [2.75, 3.05) is 4.90 Å². The summed E-state index contributed by atoms with van der Waals surface area (Å²) in [7, 11) is 0. The lowest BCUT2D eigenvalue weighted by atomic mass is 9.67. The number of hydrogen-bond donors (Lipinski definition) is 0. The molecule has 1 aromatic heterocycles. The lowest BCUT2D eigenvalue weighted by Crippen LogP contribution is -2.28. The Balaban J connectivity index is 1.07. The summed E-state index contributed by atoms with van der Waals surface area (Å²) < 4.78 is 6.32. The van der Waals surface area contributed by atoms with E-state index >= 15 is 0 Å². The monoisotopic (exact) mass is 715 g/mol. The van der Waals surface area contributed by atoms with Gasteiger partial charge in [0.15, 0.2) is 0 Å². The first-order valence-electron chi connectivity index (χ1n) is 19.3. The number of benzene rings is 9. The second-order valence-corrected chi connectivity index (χ2v) is 14.9. The first kappa shape index (κ1) is 32.3. The van der Waals surface area contributed by atoms with Crippen molar-refractivity contribution in [2.45, 2.75) is 12.3 Å². The van der Waals surface area contributed by atoms with Crippen LogP contribution in [-0.4, -0.2) is 0 Å². The smallest absolute Gasteiger partial charge is 0.136 e. The van der Waals surface area contributed by atoms with Crippen LogP contribution in [0, 0.1) is 6.92 Å². The highest BCUT2D eigenvalue weighted by Gasteiger charge is 2.46. The average Bonchev–Trinajstić information content (AvgIpc) is 3.79. The standard InChI is InChI=1S/C54H37NO/c1-36-20-26-42(27-21-36)55(43-28-22-37(23-29-43)39-25-32-51-48(34-39)53-45-17-9-8-12-38(45)24-33-52(53)56-51)44-30-31-47-46-18-10-11-19-49(46)54(50(47)35-44,40-13-4-2-5-14-40)41-15-6-3-7-16-41/h2-35H,1H3. The molecule has 0 aliphatic heterocycles. The third kappa shape index (κ3) is 4.89. The Morgan fingerprint density at radius 3 is 1.75 bits per heavy atom. The molecule has 2 heteroatoms. The van der Waals surface area contributed by atoms with Gasteiger partial charge in [0, 0.05) is 27.8 Å². The van der Waals surface area contributed by atoms with Crippen LogP contribution in [0.4, 0.5) is 17.1 Å². The lowest BCUT2D eigenvalue weighted by molar-refractivity contribution is 0.669. The molecule has 1 aliphatic carbocycles. The van der Waals surface area contributed by atoms with Crippen molar-refractivity contribution in [1.82, 2.24) is 0 Å². The Morgan fingerprint density at radius 1 is 0.411 bits per heavy atom. The summed E-state index contributed by atoms with van der Waals surface area (Å²) in [5, 5.41) is 4.74. The van der Waals surface area contributed by atoms with Gasteiger partial charge in [-0.15, -0.1) is 0 Å². The minimum Gasteiger partial charge on any atom is -0.456 e. The molecule has 0 radical (unpaired) electrons. The van der Waals surface area contributed by atoms with Crippen LogP contribution in [0.15, 0.2) is 211 Å². The van der Waals surface area contributed by atoms with Crippen LogP contribution >= 0.6 is 0 Å². The first-order valence-corrected chi connectivity index (χ1v) is 19.3. The summed E-state index contributed by atoms with van der Waals surface area (Å²) in [6, 6.07) is 75.3. The van der Waals surface area contributed by atoms with Crippen molar-refractivity contribution >= 4 is 49.8 Å². The van der Waals surface area contributed by atoms with Crippen molar-refractivity contribution < 1.29 is 4.42 Å². The van der Waals surface area contributed by atoms with E-state index in [1.165, 1.54) is 55.1 Å². The zero-order valence-electron chi connectivity index (χ0n) is 31.0. The molecule has 10 aromatic rings. The first-order chi connectivity index (χ1) is 27.7. The maximum Gasteiger partial charge on any atom is 0.136 e. The molecule has 0 saturated heterocycles. The molecule has 56 heavy (non-hydrogen) atoms. The van der Waals surface area contributed by atoms with E-state index in [-0.39, 0.29) is 0 Å². The van der Waals surface area contributed by atoms with Crippen LogP contribution in [0.1, 0.15) is 27.8 Å². The molecule has 1 heterocycles. The summed E-state index contributed by atoms with van der Waals surface area (Å²) >= 11 is 0.